The monoisotopic (exact) mass is 211 g/mol. The van der Waals surface area contributed by atoms with Gasteiger partial charge in [0.05, 0.1) is 0 Å². The van der Waals surface area contributed by atoms with E-state index in [1.807, 2.05) is 6.08 Å². The highest BCUT2D eigenvalue weighted by atomic mass is 16.4. The van der Waals surface area contributed by atoms with Crippen LogP contribution in [0.15, 0.2) is 12.7 Å². The Morgan fingerprint density at radius 2 is 2.27 bits per heavy atom. The second kappa shape index (κ2) is 6.62. The summed E-state index contributed by atoms with van der Waals surface area (Å²) in [5.41, 5.74) is 0. The lowest BCUT2D eigenvalue weighted by atomic mass is 10.1. The smallest absolute Gasteiger partial charge is 0.320 e. The molecule has 1 fully saturated rings. The summed E-state index contributed by atoms with van der Waals surface area (Å²) in [7, 11) is 0. The van der Waals surface area contributed by atoms with Gasteiger partial charge >= 0.3 is 5.97 Å². The first-order chi connectivity index (χ1) is 7.25. The third-order valence-electron chi connectivity index (χ3n) is 3.00. The summed E-state index contributed by atoms with van der Waals surface area (Å²) < 4.78 is 0. The third-order valence-corrected chi connectivity index (χ3v) is 3.00. The number of likely N-dealkylation sites (tertiary alicyclic amines) is 1. The van der Waals surface area contributed by atoms with Crippen LogP contribution in [0, 0.1) is 0 Å². The average molecular weight is 211 g/mol. The van der Waals surface area contributed by atoms with E-state index in [9.17, 15) is 4.79 Å². The molecule has 86 valence electrons. The van der Waals surface area contributed by atoms with Crippen LogP contribution in [0.3, 0.4) is 0 Å². The molecule has 1 atom stereocenters. The van der Waals surface area contributed by atoms with Crippen LogP contribution in [-0.2, 0) is 4.79 Å². The van der Waals surface area contributed by atoms with E-state index in [0.717, 1.165) is 45.2 Å². The fraction of sp³-hybridized carbons (Fsp3) is 0.750. The van der Waals surface area contributed by atoms with Gasteiger partial charge in [0, 0.05) is 0 Å². The molecule has 0 radical (unpaired) electrons. The quantitative estimate of drug-likeness (QED) is 0.560. The van der Waals surface area contributed by atoms with E-state index < -0.39 is 5.97 Å². The van der Waals surface area contributed by atoms with Gasteiger partial charge in [-0.05, 0) is 38.8 Å². The third kappa shape index (κ3) is 4.04. The van der Waals surface area contributed by atoms with Gasteiger partial charge in [-0.25, -0.2) is 0 Å². The second-order valence-corrected chi connectivity index (χ2v) is 4.17. The van der Waals surface area contributed by atoms with Crippen LogP contribution in [0.4, 0.5) is 0 Å². The van der Waals surface area contributed by atoms with Gasteiger partial charge in [-0.1, -0.05) is 18.9 Å². The lowest BCUT2D eigenvalue weighted by molar-refractivity contribution is -0.143. The number of carboxylic acids is 1. The zero-order valence-corrected chi connectivity index (χ0v) is 9.32. The first-order valence-corrected chi connectivity index (χ1v) is 5.83. The van der Waals surface area contributed by atoms with Crippen molar-refractivity contribution in [1.29, 1.82) is 0 Å². The topological polar surface area (TPSA) is 40.5 Å². The van der Waals surface area contributed by atoms with Crippen LogP contribution in [0.2, 0.25) is 0 Å². The molecule has 0 aliphatic carbocycles. The highest BCUT2D eigenvalue weighted by molar-refractivity contribution is 5.73. The van der Waals surface area contributed by atoms with Gasteiger partial charge in [-0.3, -0.25) is 9.69 Å². The van der Waals surface area contributed by atoms with Crippen LogP contribution in [0.5, 0.6) is 0 Å². The summed E-state index contributed by atoms with van der Waals surface area (Å²) in [6.07, 6.45) is 8.06. The molecule has 0 amide bonds. The Bertz CT molecular complexity index is 216. The molecule has 0 bridgehead atoms. The Kier molecular flexibility index (Phi) is 5.40. The van der Waals surface area contributed by atoms with Gasteiger partial charge in [0.1, 0.15) is 6.04 Å². The number of hydrogen-bond acceptors (Lipinski definition) is 2. The van der Waals surface area contributed by atoms with Crippen molar-refractivity contribution < 1.29 is 9.90 Å². The molecule has 1 rings (SSSR count). The molecule has 1 aliphatic rings. The summed E-state index contributed by atoms with van der Waals surface area (Å²) in [4.78, 5) is 13.2. The largest absolute Gasteiger partial charge is 0.480 e. The zero-order chi connectivity index (χ0) is 11.1. The van der Waals surface area contributed by atoms with Gasteiger partial charge in [-0.15, -0.1) is 6.58 Å². The van der Waals surface area contributed by atoms with E-state index in [2.05, 4.69) is 11.5 Å². The zero-order valence-electron chi connectivity index (χ0n) is 9.32. The van der Waals surface area contributed by atoms with Gasteiger partial charge < -0.3 is 5.11 Å². The second-order valence-electron chi connectivity index (χ2n) is 4.17. The van der Waals surface area contributed by atoms with E-state index in [1.54, 1.807) is 0 Å². The highest BCUT2D eigenvalue weighted by Gasteiger charge is 2.26. The number of unbranched alkanes of at least 4 members (excludes halogenated alkanes) is 1. The van der Waals surface area contributed by atoms with Crippen molar-refractivity contribution in [2.24, 2.45) is 0 Å². The molecule has 0 aromatic rings. The molecule has 3 nitrogen and oxygen atoms in total. The van der Waals surface area contributed by atoms with Crippen molar-refractivity contribution in [3.05, 3.63) is 12.7 Å². The minimum Gasteiger partial charge on any atom is -0.480 e. The first kappa shape index (κ1) is 12.2. The van der Waals surface area contributed by atoms with Crippen LogP contribution < -0.4 is 0 Å². The minimum atomic E-state index is -0.657. The molecule has 1 N–H and O–H groups in total. The van der Waals surface area contributed by atoms with Crippen molar-refractivity contribution in [3.63, 3.8) is 0 Å². The molecular weight excluding hydrogens is 190 g/mol. The maximum absolute atomic E-state index is 11.1. The van der Waals surface area contributed by atoms with E-state index >= 15 is 0 Å². The number of carboxylic acid groups (broad SMARTS) is 1. The number of hydrogen-bond donors (Lipinski definition) is 1. The number of nitrogens with zero attached hydrogens (tertiary/aromatic N) is 1. The summed E-state index contributed by atoms with van der Waals surface area (Å²) in [5, 5.41) is 9.13. The van der Waals surface area contributed by atoms with E-state index in [4.69, 9.17) is 5.11 Å². The molecule has 1 heterocycles. The molecule has 3 heteroatoms. The Morgan fingerprint density at radius 1 is 1.47 bits per heavy atom. The molecule has 0 aromatic carbocycles. The Morgan fingerprint density at radius 3 is 2.93 bits per heavy atom. The van der Waals surface area contributed by atoms with Crippen LogP contribution >= 0.6 is 0 Å². The summed E-state index contributed by atoms with van der Waals surface area (Å²) in [6, 6.07) is -0.252. The van der Waals surface area contributed by atoms with Gasteiger partial charge in [0.25, 0.3) is 0 Å². The fourth-order valence-electron chi connectivity index (χ4n) is 2.15. The number of aliphatic carboxylic acids is 1. The number of allylic oxidation sites excluding steroid dienone is 1. The Hall–Kier alpha value is -0.830. The number of rotatable bonds is 5. The van der Waals surface area contributed by atoms with Crippen molar-refractivity contribution >= 4 is 5.97 Å². The van der Waals surface area contributed by atoms with E-state index in [-0.39, 0.29) is 6.04 Å². The fourth-order valence-corrected chi connectivity index (χ4v) is 2.15. The van der Waals surface area contributed by atoms with Gasteiger partial charge in [-0.2, -0.15) is 0 Å². The van der Waals surface area contributed by atoms with E-state index in [0.29, 0.717) is 0 Å². The van der Waals surface area contributed by atoms with Crippen molar-refractivity contribution in [2.45, 2.75) is 44.6 Å². The van der Waals surface area contributed by atoms with Crippen LogP contribution in [0.1, 0.15) is 38.5 Å². The average Bonchev–Trinajstić information content (AvgIpc) is 2.43. The van der Waals surface area contributed by atoms with Crippen LogP contribution in [0.25, 0.3) is 0 Å². The van der Waals surface area contributed by atoms with Crippen molar-refractivity contribution in [1.82, 2.24) is 4.90 Å². The standard InChI is InChI=1S/C12H21NO2/c1-2-3-6-9-13-10-7-4-5-8-11(13)12(14)15/h2,11H,1,3-10H2,(H,14,15). The molecule has 1 saturated heterocycles. The Balaban J connectivity index is 2.46. The highest BCUT2D eigenvalue weighted by Crippen LogP contribution is 2.17. The lowest BCUT2D eigenvalue weighted by Crippen LogP contribution is -2.41. The molecule has 1 aliphatic heterocycles. The Labute approximate surface area is 91.8 Å². The molecule has 15 heavy (non-hydrogen) atoms. The maximum atomic E-state index is 11.1. The summed E-state index contributed by atoms with van der Waals surface area (Å²) in [5.74, 6) is -0.657. The SMILES string of the molecule is C=CCCCN1CCCCCC1C(=O)O. The summed E-state index contributed by atoms with van der Waals surface area (Å²) in [6.45, 7) is 5.51. The van der Waals surface area contributed by atoms with Crippen molar-refractivity contribution in [3.8, 4) is 0 Å². The maximum Gasteiger partial charge on any atom is 0.320 e. The van der Waals surface area contributed by atoms with Gasteiger partial charge in [0.2, 0.25) is 0 Å². The molecular formula is C12H21NO2. The predicted molar refractivity (Wildman–Crippen MR) is 60.9 cm³/mol. The first-order valence-electron chi connectivity index (χ1n) is 5.83. The minimum absolute atomic E-state index is 0.252. The normalized spacial score (nSPS) is 23.3. The van der Waals surface area contributed by atoms with Gasteiger partial charge in [0.15, 0.2) is 0 Å². The van der Waals surface area contributed by atoms with E-state index in [1.165, 1.54) is 6.42 Å². The molecule has 1 unspecified atom stereocenters. The molecule has 0 saturated carbocycles. The molecule has 0 spiro atoms. The van der Waals surface area contributed by atoms with Crippen LogP contribution in [-0.4, -0.2) is 35.1 Å². The predicted octanol–water partition coefficient (Wildman–Crippen LogP) is 2.28. The van der Waals surface area contributed by atoms with Crippen molar-refractivity contribution in [2.75, 3.05) is 13.1 Å². The molecule has 0 aromatic heterocycles. The summed E-state index contributed by atoms with van der Waals surface area (Å²) >= 11 is 0. The lowest BCUT2D eigenvalue weighted by Gasteiger charge is -2.26. The number of carbonyl (C=O) groups is 1.